The van der Waals surface area contributed by atoms with E-state index < -0.39 is 11.7 Å². The number of carbonyl (C=O) groups excluding carboxylic acids is 1. The SMILES string of the molecule is Cc1[nH]c(-c2ccccc2)c(CN2CCN(c3cccc(C(F)(F)F)c3)CC2)c1NC(=O)c1cnccn1. The second-order valence-corrected chi connectivity index (χ2v) is 9.20. The van der Waals surface area contributed by atoms with E-state index in [-0.39, 0.29) is 11.6 Å². The zero-order valence-corrected chi connectivity index (χ0v) is 20.8. The number of nitrogens with zero attached hydrogens (tertiary/aromatic N) is 4. The van der Waals surface area contributed by atoms with Crippen LogP contribution in [0.4, 0.5) is 24.5 Å². The van der Waals surface area contributed by atoms with E-state index in [0.29, 0.717) is 44.1 Å². The van der Waals surface area contributed by atoms with Gasteiger partial charge in [-0.3, -0.25) is 14.7 Å². The second kappa shape index (κ2) is 10.7. The van der Waals surface area contributed by atoms with Gasteiger partial charge in [-0.05, 0) is 30.7 Å². The van der Waals surface area contributed by atoms with Crippen molar-refractivity contribution in [2.45, 2.75) is 19.6 Å². The summed E-state index contributed by atoms with van der Waals surface area (Å²) in [6, 6.07) is 15.3. The molecule has 0 bridgehead atoms. The van der Waals surface area contributed by atoms with Crippen molar-refractivity contribution < 1.29 is 18.0 Å². The number of carbonyl (C=O) groups is 1. The van der Waals surface area contributed by atoms with Gasteiger partial charge in [0.2, 0.25) is 0 Å². The third-order valence-corrected chi connectivity index (χ3v) is 6.68. The van der Waals surface area contributed by atoms with Crippen molar-refractivity contribution in [3.63, 3.8) is 0 Å². The first-order valence-corrected chi connectivity index (χ1v) is 12.3. The van der Waals surface area contributed by atoms with E-state index in [1.807, 2.05) is 42.2 Å². The Morgan fingerprint density at radius 2 is 1.79 bits per heavy atom. The number of aromatic amines is 1. The molecule has 0 spiro atoms. The van der Waals surface area contributed by atoms with Gasteiger partial charge in [0.05, 0.1) is 23.1 Å². The van der Waals surface area contributed by atoms with Crippen molar-refractivity contribution in [2.24, 2.45) is 0 Å². The molecule has 0 atom stereocenters. The molecule has 0 saturated carbocycles. The van der Waals surface area contributed by atoms with Crippen LogP contribution in [0.25, 0.3) is 11.3 Å². The lowest BCUT2D eigenvalue weighted by Gasteiger charge is -2.36. The molecule has 2 aromatic heterocycles. The Balaban J connectivity index is 1.37. The highest BCUT2D eigenvalue weighted by Crippen LogP contribution is 2.35. The normalized spacial score (nSPS) is 14.5. The Labute approximate surface area is 218 Å². The predicted octanol–water partition coefficient (Wildman–Crippen LogP) is 5.37. The van der Waals surface area contributed by atoms with Gasteiger partial charge in [0, 0.05) is 62.1 Å². The standard InChI is InChI=1S/C28H27F3N6O/c1-19-25(35-27(38)24-17-32-10-11-33-24)23(26(34-19)20-6-3-2-4-7-20)18-36-12-14-37(15-13-36)22-9-5-8-21(16-22)28(29,30)31/h2-11,16-17,34H,12-15,18H2,1H3,(H,35,38). The highest BCUT2D eigenvalue weighted by atomic mass is 19.4. The summed E-state index contributed by atoms with van der Waals surface area (Å²) in [6.07, 6.45) is 0.0292. The number of nitrogens with one attached hydrogen (secondary N) is 2. The van der Waals surface area contributed by atoms with E-state index in [2.05, 4.69) is 25.2 Å². The summed E-state index contributed by atoms with van der Waals surface area (Å²) in [5.74, 6) is -0.351. The highest BCUT2D eigenvalue weighted by Gasteiger charge is 2.31. The van der Waals surface area contributed by atoms with Gasteiger partial charge in [0.15, 0.2) is 0 Å². The first kappa shape index (κ1) is 25.5. The number of piperazine rings is 1. The maximum Gasteiger partial charge on any atom is 0.416 e. The average Bonchev–Trinajstić information content (AvgIpc) is 3.24. The number of aromatic nitrogens is 3. The number of benzene rings is 2. The van der Waals surface area contributed by atoms with Gasteiger partial charge >= 0.3 is 6.18 Å². The van der Waals surface area contributed by atoms with E-state index in [1.165, 1.54) is 30.7 Å². The molecule has 2 N–H and O–H groups in total. The van der Waals surface area contributed by atoms with Crippen molar-refractivity contribution in [3.05, 3.63) is 95.7 Å². The molecule has 1 aliphatic heterocycles. The molecule has 7 nitrogen and oxygen atoms in total. The summed E-state index contributed by atoms with van der Waals surface area (Å²) < 4.78 is 39.6. The molecular weight excluding hydrogens is 493 g/mol. The van der Waals surface area contributed by atoms with Crippen LogP contribution in [0.1, 0.15) is 27.3 Å². The molecule has 38 heavy (non-hydrogen) atoms. The summed E-state index contributed by atoms with van der Waals surface area (Å²) in [5.41, 5.74) is 4.51. The highest BCUT2D eigenvalue weighted by molar-refractivity contribution is 6.04. The number of hydrogen-bond donors (Lipinski definition) is 2. The van der Waals surface area contributed by atoms with E-state index in [1.54, 1.807) is 6.07 Å². The van der Waals surface area contributed by atoms with Crippen LogP contribution in [0.3, 0.4) is 0 Å². The van der Waals surface area contributed by atoms with Crippen LogP contribution in [0, 0.1) is 6.92 Å². The van der Waals surface area contributed by atoms with Crippen LogP contribution < -0.4 is 10.2 Å². The van der Waals surface area contributed by atoms with Gasteiger partial charge in [-0.15, -0.1) is 0 Å². The zero-order chi connectivity index (χ0) is 26.7. The molecule has 2 aromatic carbocycles. The lowest BCUT2D eigenvalue weighted by molar-refractivity contribution is -0.137. The number of hydrogen-bond acceptors (Lipinski definition) is 5. The number of anilines is 2. The fourth-order valence-corrected chi connectivity index (χ4v) is 4.72. The van der Waals surface area contributed by atoms with E-state index in [0.717, 1.165) is 28.6 Å². The van der Waals surface area contributed by atoms with E-state index in [9.17, 15) is 18.0 Å². The molecule has 4 aromatic rings. The van der Waals surface area contributed by atoms with Crippen molar-refractivity contribution in [1.82, 2.24) is 19.9 Å². The summed E-state index contributed by atoms with van der Waals surface area (Å²) >= 11 is 0. The quantitative estimate of drug-likeness (QED) is 0.357. The average molecular weight is 521 g/mol. The van der Waals surface area contributed by atoms with Gasteiger partial charge in [0.1, 0.15) is 5.69 Å². The number of amides is 1. The van der Waals surface area contributed by atoms with Gasteiger partial charge in [0.25, 0.3) is 5.91 Å². The minimum Gasteiger partial charge on any atom is -0.369 e. The van der Waals surface area contributed by atoms with Crippen molar-refractivity contribution in [2.75, 3.05) is 36.4 Å². The molecule has 1 fully saturated rings. The summed E-state index contributed by atoms with van der Waals surface area (Å²) in [5, 5.41) is 3.01. The fraction of sp³-hybridized carbons (Fsp3) is 0.250. The number of rotatable bonds is 6. The molecule has 1 saturated heterocycles. The zero-order valence-electron chi connectivity index (χ0n) is 20.8. The van der Waals surface area contributed by atoms with Crippen LogP contribution in [0.5, 0.6) is 0 Å². The third-order valence-electron chi connectivity index (χ3n) is 6.68. The minimum absolute atomic E-state index is 0.218. The lowest BCUT2D eigenvalue weighted by Crippen LogP contribution is -2.46. The molecule has 0 aliphatic carbocycles. The number of alkyl halides is 3. The summed E-state index contributed by atoms with van der Waals surface area (Å²) in [7, 11) is 0. The maximum atomic E-state index is 13.2. The van der Waals surface area contributed by atoms with Crippen LogP contribution in [0.2, 0.25) is 0 Å². The van der Waals surface area contributed by atoms with Gasteiger partial charge in [-0.25, -0.2) is 4.98 Å². The van der Waals surface area contributed by atoms with E-state index in [4.69, 9.17) is 0 Å². The molecule has 1 amide bonds. The molecule has 0 radical (unpaired) electrons. The Morgan fingerprint density at radius 1 is 1.03 bits per heavy atom. The summed E-state index contributed by atoms with van der Waals surface area (Å²) in [6.45, 7) is 4.97. The number of halogens is 3. The van der Waals surface area contributed by atoms with Crippen molar-refractivity contribution >= 4 is 17.3 Å². The molecule has 5 rings (SSSR count). The first-order chi connectivity index (χ1) is 18.3. The second-order valence-electron chi connectivity index (χ2n) is 9.20. The topological polar surface area (TPSA) is 77.2 Å². The molecule has 0 unspecified atom stereocenters. The smallest absolute Gasteiger partial charge is 0.369 e. The Bertz CT molecular complexity index is 1400. The first-order valence-electron chi connectivity index (χ1n) is 12.3. The minimum atomic E-state index is -4.37. The Kier molecular flexibility index (Phi) is 7.15. The Morgan fingerprint density at radius 3 is 2.47 bits per heavy atom. The molecule has 3 heterocycles. The van der Waals surface area contributed by atoms with Crippen molar-refractivity contribution in [3.8, 4) is 11.3 Å². The molecule has 10 heteroatoms. The van der Waals surface area contributed by atoms with Crippen LogP contribution in [-0.2, 0) is 12.7 Å². The maximum absolute atomic E-state index is 13.2. The molecule has 1 aliphatic rings. The van der Waals surface area contributed by atoms with Crippen LogP contribution in [-0.4, -0.2) is 51.9 Å². The molecule has 196 valence electrons. The predicted molar refractivity (Wildman–Crippen MR) is 140 cm³/mol. The largest absolute Gasteiger partial charge is 0.416 e. The summed E-state index contributed by atoms with van der Waals surface area (Å²) in [4.78, 5) is 28.7. The van der Waals surface area contributed by atoms with Gasteiger partial charge in [-0.1, -0.05) is 36.4 Å². The lowest BCUT2D eigenvalue weighted by atomic mass is 10.1. The van der Waals surface area contributed by atoms with E-state index >= 15 is 0 Å². The van der Waals surface area contributed by atoms with Gasteiger partial charge in [-0.2, -0.15) is 13.2 Å². The number of H-pyrrole nitrogens is 1. The third kappa shape index (κ3) is 5.55. The van der Waals surface area contributed by atoms with Crippen LogP contribution >= 0.6 is 0 Å². The van der Waals surface area contributed by atoms with Gasteiger partial charge < -0.3 is 15.2 Å². The fourth-order valence-electron chi connectivity index (χ4n) is 4.72. The Hall–Kier alpha value is -4.18. The molecular formula is C28H27F3N6O. The number of aryl methyl sites for hydroxylation is 1. The van der Waals surface area contributed by atoms with Crippen molar-refractivity contribution in [1.29, 1.82) is 0 Å². The van der Waals surface area contributed by atoms with Crippen LogP contribution in [0.15, 0.2) is 73.2 Å². The monoisotopic (exact) mass is 520 g/mol.